The van der Waals surface area contributed by atoms with Crippen LogP contribution in [0, 0.1) is 6.92 Å². The van der Waals surface area contributed by atoms with Crippen LogP contribution < -0.4 is 10.1 Å². The minimum Gasteiger partial charge on any atom is -0.495 e. The Labute approximate surface area is 117 Å². The molecule has 1 aliphatic rings. The Kier molecular flexibility index (Phi) is 3.94. The van der Waals surface area contributed by atoms with Crippen molar-refractivity contribution in [2.45, 2.75) is 19.1 Å². The van der Waals surface area contributed by atoms with E-state index in [1.165, 1.54) is 7.11 Å². The van der Waals surface area contributed by atoms with E-state index >= 15 is 0 Å². The van der Waals surface area contributed by atoms with Crippen molar-refractivity contribution in [3.63, 3.8) is 0 Å². The Hall–Kier alpha value is -0.980. The summed E-state index contributed by atoms with van der Waals surface area (Å²) in [5.74, 6) is 0.227. The first-order valence-corrected chi connectivity index (χ1v) is 8.01. The van der Waals surface area contributed by atoms with Crippen LogP contribution in [0.5, 0.6) is 5.75 Å². The average Bonchev–Trinajstić information content (AvgIpc) is 2.56. The second-order valence-corrected chi connectivity index (χ2v) is 7.26. The Morgan fingerprint density at radius 3 is 2.63 bits per heavy atom. The maximum atomic E-state index is 11.5. The number of nitrogens with one attached hydrogen (secondary N) is 1. The Bertz CT molecular complexity index is 588. The van der Waals surface area contributed by atoms with E-state index in [9.17, 15) is 13.5 Å². The lowest BCUT2D eigenvalue weighted by Gasteiger charge is -2.19. The number of methoxy groups -OCH3 is 1. The minimum absolute atomic E-state index is 0.0843. The van der Waals surface area contributed by atoms with Crippen LogP contribution in [0.1, 0.15) is 5.56 Å². The molecular formula is C12H16ClNO4S. The fraction of sp³-hybridized carbons (Fsp3) is 0.500. The van der Waals surface area contributed by atoms with Crippen LogP contribution in [0.4, 0.5) is 5.69 Å². The van der Waals surface area contributed by atoms with Crippen molar-refractivity contribution in [2.75, 3.05) is 23.9 Å². The van der Waals surface area contributed by atoms with E-state index in [2.05, 4.69) is 5.32 Å². The molecule has 0 aliphatic carbocycles. The number of anilines is 1. The van der Waals surface area contributed by atoms with E-state index in [1.54, 1.807) is 12.1 Å². The lowest BCUT2D eigenvalue weighted by Crippen LogP contribution is -2.32. The molecule has 0 aromatic heterocycles. The fourth-order valence-corrected chi connectivity index (χ4v) is 4.01. The average molecular weight is 306 g/mol. The highest BCUT2D eigenvalue weighted by molar-refractivity contribution is 7.91. The number of halogens is 1. The Balaban J connectivity index is 2.26. The third-order valence-corrected chi connectivity index (χ3v) is 5.27. The summed E-state index contributed by atoms with van der Waals surface area (Å²) < 4.78 is 28.1. The zero-order chi connectivity index (χ0) is 14.2. The predicted molar refractivity (Wildman–Crippen MR) is 74.8 cm³/mol. The molecule has 1 fully saturated rings. The van der Waals surface area contributed by atoms with Crippen molar-refractivity contribution in [1.82, 2.24) is 0 Å². The molecule has 1 saturated heterocycles. The first-order valence-electron chi connectivity index (χ1n) is 5.81. The molecule has 1 aromatic rings. The zero-order valence-electron chi connectivity index (χ0n) is 10.7. The number of hydrogen-bond acceptors (Lipinski definition) is 5. The predicted octanol–water partition coefficient (Wildman–Crippen LogP) is 1.23. The maximum Gasteiger partial charge on any atom is 0.155 e. The van der Waals surface area contributed by atoms with E-state index in [-0.39, 0.29) is 11.5 Å². The second kappa shape index (κ2) is 5.19. The summed E-state index contributed by atoms with van der Waals surface area (Å²) >= 11 is 6.00. The molecule has 2 rings (SSSR count). The van der Waals surface area contributed by atoms with Crippen molar-refractivity contribution in [3.05, 3.63) is 22.7 Å². The second-order valence-electron chi connectivity index (χ2n) is 4.70. The summed E-state index contributed by atoms with van der Waals surface area (Å²) in [7, 11) is -1.67. The van der Waals surface area contributed by atoms with Crippen molar-refractivity contribution in [2.24, 2.45) is 0 Å². The van der Waals surface area contributed by atoms with E-state index in [0.29, 0.717) is 16.5 Å². The highest BCUT2D eigenvalue weighted by Crippen LogP contribution is 2.32. The van der Waals surface area contributed by atoms with Gasteiger partial charge in [0.1, 0.15) is 5.75 Å². The summed E-state index contributed by atoms with van der Waals surface area (Å²) in [5, 5.41) is 13.4. The number of hydrogen-bond donors (Lipinski definition) is 2. The van der Waals surface area contributed by atoms with Crippen LogP contribution >= 0.6 is 11.6 Å². The Morgan fingerprint density at radius 2 is 2.11 bits per heavy atom. The van der Waals surface area contributed by atoms with Gasteiger partial charge in [-0.25, -0.2) is 8.42 Å². The zero-order valence-corrected chi connectivity index (χ0v) is 12.3. The van der Waals surface area contributed by atoms with Gasteiger partial charge in [-0.3, -0.25) is 0 Å². The molecule has 2 N–H and O–H groups in total. The molecule has 1 aliphatic heterocycles. The Morgan fingerprint density at radius 1 is 1.42 bits per heavy atom. The summed E-state index contributed by atoms with van der Waals surface area (Å²) in [6.45, 7) is 1.84. The van der Waals surface area contributed by atoms with Crippen LogP contribution in [-0.4, -0.2) is 44.3 Å². The highest BCUT2D eigenvalue weighted by atomic mass is 35.5. The van der Waals surface area contributed by atoms with Gasteiger partial charge in [-0.15, -0.1) is 0 Å². The normalized spacial score (nSPS) is 25.3. The number of aryl methyl sites for hydroxylation is 1. The number of aliphatic hydroxyl groups is 1. The number of ether oxygens (including phenoxy) is 1. The van der Waals surface area contributed by atoms with Crippen LogP contribution in [0.2, 0.25) is 5.02 Å². The van der Waals surface area contributed by atoms with Gasteiger partial charge in [0.2, 0.25) is 0 Å². The topological polar surface area (TPSA) is 75.6 Å². The van der Waals surface area contributed by atoms with Gasteiger partial charge < -0.3 is 15.2 Å². The molecule has 19 heavy (non-hydrogen) atoms. The molecule has 7 heteroatoms. The van der Waals surface area contributed by atoms with Crippen molar-refractivity contribution in [3.8, 4) is 5.75 Å². The number of rotatable bonds is 3. The highest BCUT2D eigenvalue weighted by Gasteiger charge is 2.36. The molecule has 106 valence electrons. The van der Waals surface area contributed by atoms with E-state index in [4.69, 9.17) is 16.3 Å². The number of aliphatic hydroxyl groups excluding tert-OH is 1. The van der Waals surface area contributed by atoms with Crippen molar-refractivity contribution in [1.29, 1.82) is 0 Å². The lowest BCUT2D eigenvalue weighted by atomic mass is 10.1. The van der Waals surface area contributed by atoms with E-state index in [0.717, 1.165) is 5.56 Å². The van der Waals surface area contributed by atoms with Gasteiger partial charge in [0, 0.05) is 11.1 Å². The summed E-state index contributed by atoms with van der Waals surface area (Å²) in [4.78, 5) is 0. The van der Waals surface area contributed by atoms with Crippen LogP contribution in [0.15, 0.2) is 12.1 Å². The third-order valence-electron chi connectivity index (χ3n) is 3.14. The largest absolute Gasteiger partial charge is 0.495 e. The smallest absolute Gasteiger partial charge is 0.155 e. The lowest BCUT2D eigenvalue weighted by molar-refractivity contribution is 0.190. The molecule has 2 atom stereocenters. The van der Waals surface area contributed by atoms with Gasteiger partial charge in [-0.1, -0.05) is 11.6 Å². The fourth-order valence-electron chi connectivity index (χ4n) is 2.11. The molecule has 1 heterocycles. The van der Waals surface area contributed by atoms with Gasteiger partial charge in [-0.05, 0) is 18.6 Å². The first kappa shape index (κ1) is 14.4. The third kappa shape index (κ3) is 3.13. The molecule has 0 radical (unpaired) electrons. The van der Waals surface area contributed by atoms with Crippen LogP contribution in [0.3, 0.4) is 0 Å². The first-order chi connectivity index (χ1) is 8.82. The van der Waals surface area contributed by atoms with Crippen LogP contribution in [-0.2, 0) is 9.84 Å². The standard InChI is InChI=1S/C12H16ClNO4S/c1-7-3-9(12(18-2)4-8(7)13)14-10-5-19(16,17)6-11(10)15/h3-4,10-11,14-15H,5-6H2,1-2H3. The molecule has 0 bridgehead atoms. The minimum atomic E-state index is -3.18. The van der Waals surface area contributed by atoms with Gasteiger partial charge >= 0.3 is 0 Å². The molecule has 0 spiro atoms. The van der Waals surface area contributed by atoms with Gasteiger partial charge in [0.05, 0.1) is 36.4 Å². The summed E-state index contributed by atoms with van der Waals surface area (Å²) in [5.41, 5.74) is 1.48. The molecule has 0 amide bonds. The maximum absolute atomic E-state index is 11.5. The van der Waals surface area contributed by atoms with E-state index in [1.807, 2.05) is 6.92 Å². The SMILES string of the molecule is COc1cc(Cl)c(C)cc1NC1CS(=O)(=O)CC1O. The summed E-state index contributed by atoms with van der Waals surface area (Å²) in [6.07, 6.45) is -0.911. The molecule has 2 unspecified atom stereocenters. The van der Waals surface area contributed by atoms with Gasteiger partial charge in [-0.2, -0.15) is 0 Å². The van der Waals surface area contributed by atoms with E-state index < -0.39 is 22.0 Å². The van der Waals surface area contributed by atoms with Crippen LogP contribution in [0.25, 0.3) is 0 Å². The monoisotopic (exact) mass is 305 g/mol. The molecule has 5 nitrogen and oxygen atoms in total. The summed E-state index contributed by atoms with van der Waals surface area (Å²) in [6, 6.07) is 2.91. The van der Waals surface area contributed by atoms with Gasteiger partial charge in [0.15, 0.2) is 9.84 Å². The molecule has 1 aromatic carbocycles. The van der Waals surface area contributed by atoms with Gasteiger partial charge in [0.25, 0.3) is 0 Å². The molecule has 0 saturated carbocycles. The van der Waals surface area contributed by atoms with Crippen molar-refractivity contribution >= 4 is 27.1 Å². The molecular weight excluding hydrogens is 290 g/mol. The van der Waals surface area contributed by atoms with Crippen molar-refractivity contribution < 1.29 is 18.3 Å². The quantitative estimate of drug-likeness (QED) is 0.878. The number of benzene rings is 1. The number of sulfone groups is 1.